The molecule has 5 nitrogen and oxygen atoms in total. The zero-order chi connectivity index (χ0) is 13.5. The van der Waals surface area contributed by atoms with Gasteiger partial charge in [0.25, 0.3) is 0 Å². The standard InChI is InChI=1S/C14H25N3O2/c1-11(2)15-9-3-6-13-16-17-14(19-13)8-7-12-5-4-10-18-12/h11-12,15H,3-10H2,1-2H3. The van der Waals surface area contributed by atoms with Crippen LogP contribution in [0.15, 0.2) is 4.42 Å². The molecule has 1 aromatic rings. The molecule has 0 amide bonds. The van der Waals surface area contributed by atoms with Crippen LogP contribution in [0.3, 0.4) is 0 Å². The van der Waals surface area contributed by atoms with Crippen molar-refractivity contribution >= 4 is 0 Å². The number of aromatic nitrogens is 2. The topological polar surface area (TPSA) is 60.2 Å². The predicted octanol–water partition coefficient (Wildman–Crippen LogP) is 2.11. The van der Waals surface area contributed by atoms with E-state index in [9.17, 15) is 0 Å². The van der Waals surface area contributed by atoms with Crippen molar-refractivity contribution in [1.82, 2.24) is 15.5 Å². The molecular formula is C14H25N3O2. The molecule has 0 aromatic carbocycles. The van der Waals surface area contributed by atoms with E-state index in [0.29, 0.717) is 12.1 Å². The third kappa shape index (κ3) is 5.28. The van der Waals surface area contributed by atoms with Crippen molar-refractivity contribution in [3.05, 3.63) is 11.8 Å². The molecule has 1 unspecified atom stereocenters. The van der Waals surface area contributed by atoms with Crippen molar-refractivity contribution < 1.29 is 9.15 Å². The summed E-state index contributed by atoms with van der Waals surface area (Å²) in [5.74, 6) is 1.51. The lowest BCUT2D eigenvalue weighted by molar-refractivity contribution is 0.103. The molecular weight excluding hydrogens is 242 g/mol. The van der Waals surface area contributed by atoms with E-state index in [1.54, 1.807) is 0 Å². The second-order valence-corrected chi connectivity index (χ2v) is 5.48. The van der Waals surface area contributed by atoms with Crippen molar-refractivity contribution in [2.75, 3.05) is 13.2 Å². The van der Waals surface area contributed by atoms with Crippen LogP contribution >= 0.6 is 0 Å². The van der Waals surface area contributed by atoms with Gasteiger partial charge in [-0.3, -0.25) is 0 Å². The Balaban J connectivity index is 1.63. The summed E-state index contributed by atoms with van der Waals surface area (Å²) in [5, 5.41) is 11.6. The Morgan fingerprint density at radius 2 is 2.05 bits per heavy atom. The molecule has 1 atom stereocenters. The van der Waals surface area contributed by atoms with E-state index < -0.39 is 0 Å². The minimum Gasteiger partial charge on any atom is -0.425 e. The van der Waals surface area contributed by atoms with E-state index in [1.165, 1.54) is 12.8 Å². The molecule has 1 aliphatic rings. The Morgan fingerprint density at radius 3 is 2.74 bits per heavy atom. The zero-order valence-corrected chi connectivity index (χ0v) is 12.0. The highest BCUT2D eigenvalue weighted by Crippen LogP contribution is 2.17. The second kappa shape index (κ2) is 7.60. The summed E-state index contributed by atoms with van der Waals surface area (Å²) in [6, 6.07) is 0.532. The van der Waals surface area contributed by atoms with Gasteiger partial charge in [-0.05, 0) is 32.2 Å². The summed E-state index contributed by atoms with van der Waals surface area (Å²) in [6.07, 6.45) is 6.46. The smallest absolute Gasteiger partial charge is 0.216 e. The largest absolute Gasteiger partial charge is 0.425 e. The van der Waals surface area contributed by atoms with E-state index in [-0.39, 0.29) is 0 Å². The average molecular weight is 267 g/mol. The molecule has 0 bridgehead atoms. The number of hydrogen-bond acceptors (Lipinski definition) is 5. The number of rotatable bonds is 8. The van der Waals surface area contributed by atoms with Gasteiger partial charge < -0.3 is 14.5 Å². The third-order valence-corrected chi connectivity index (χ3v) is 3.33. The maximum Gasteiger partial charge on any atom is 0.216 e. The lowest BCUT2D eigenvalue weighted by Crippen LogP contribution is -2.23. The van der Waals surface area contributed by atoms with Gasteiger partial charge in [-0.2, -0.15) is 0 Å². The number of nitrogens with one attached hydrogen (secondary N) is 1. The molecule has 2 heterocycles. The van der Waals surface area contributed by atoms with E-state index in [4.69, 9.17) is 9.15 Å². The maximum atomic E-state index is 5.64. The number of aryl methyl sites for hydroxylation is 2. The molecule has 0 aliphatic carbocycles. The summed E-state index contributed by atoms with van der Waals surface area (Å²) in [4.78, 5) is 0. The normalized spacial score (nSPS) is 19.4. The molecule has 0 radical (unpaired) electrons. The Hall–Kier alpha value is -0.940. The first-order valence-electron chi connectivity index (χ1n) is 7.40. The van der Waals surface area contributed by atoms with E-state index >= 15 is 0 Å². The van der Waals surface area contributed by atoms with Gasteiger partial charge in [-0.25, -0.2) is 0 Å². The molecule has 5 heteroatoms. The summed E-state index contributed by atoms with van der Waals surface area (Å²) in [6.45, 7) is 6.19. The summed E-state index contributed by atoms with van der Waals surface area (Å²) >= 11 is 0. The van der Waals surface area contributed by atoms with Gasteiger partial charge >= 0.3 is 0 Å². The molecule has 19 heavy (non-hydrogen) atoms. The summed E-state index contributed by atoms with van der Waals surface area (Å²) in [5.41, 5.74) is 0. The SMILES string of the molecule is CC(C)NCCCc1nnc(CCC2CCCO2)o1. The maximum absolute atomic E-state index is 5.64. The predicted molar refractivity (Wildman–Crippen MR) is 73.1 cm³/mol. The number of ether oxygens (including phenoxy) is 1. The highest BCUT2D eigenvalue weighted by atomic mass is 16.5. The minimum absolute atomic E-state index is 0.394. The van der Waals surface area contributed by atoms with Crippen LogP contribution in [-0.4, -0.2) is 35.5 Å². The fourth-order valence-corrected chi connectivity index (χ4v) is 2.28. The molecule has 1 aromatic heterocycles. The lowest BCUT2D eigenvalue weighted by Gasteiger charge is -2.06. The fraction of sp³-hybridized carbons (Fsp3) is 0.857. The molecule has 0 spiro atoms. The van der Waals surface area contributed by atoms with Crippen molar-refractivity contribution in [3.8, 4) is 0 Å². The minimum atomic E-state index is 0.394. The van der Waals surface area contributed by atoms with Gasteiger partial charge in [0.1, 0.15) is 0 Å². The van der Waals surface area contributed by atoms with Crippen molar-refractivity contribution in [2.45, 2.75) is 64.5 Å². The van der Waals surface area contributed by atoms with Crippen LogP contribution in [-0.2, 0) is 17.6 Å². The highest BCUT2D eigenvalue weighted by molar-refractivity contribution is 4.84. The molecule has 0 saturated carbocycles. The second-order valence-electron chi connectivity index (χ2n) is 5.48. The summed E-state index contributed by atoms with van der Waals surface area (Å²) in [7, 11) is 0. The van der Waals surface area contributed by atoms with Crippen LogP contribution in [0.25, 0.3) is 0 Å². The van der Waals surface area contributed by atoms with E-state index in [0.717, 1.165) is 50.6 Å². The Morgan fingerprint density at radius 1 is 1.26 bits per heavy atom. The highest BCUT2D eigenvalue weighted by Gasteiger charge is 2.16. The van der Waals surface area contributed by atoms with Gasteiger partial charge in [-0.15, -0.1) is 10.2 Å². The van der Waals surface area contributed by atoms with Crippen LogP contribution in [0.1, 0.15) is 51.3 Å². The van der Waals surface area contributed by atoms with Gasteiger partial charge in [0, 0.05) is 25.5 Å². The van der Waals surface area contributed by atoms with E-state index in [1.807, 2.05) is 0 Å². The average Bonchev–Trinajstić information content (AvgIpc) is 3.03. The van der Waals surface area contributed by atoms with Gasteiger partial charge in [-0.1, -0.05) is 13.8 Å². The monoisotopic (exact) mass is 267 g/mol. The number of hydrogen-bond donors (Lipinski definition) is 1. The van der Waals surface area contributed by atoms with Gasteiger partial charge in [0.2, 0.25) is 11.8 Å². The molecule has 108 valence electrons. The molecule has 1 aliphatic heterocycles. The Kier molecular flexibility index (Phi) is 5.79. The Labute approximate surface area is 115 Å². The molecule has 1 saturated heterocycles. The van der Waals surface area contributed by atoms with Gasteiger partial charge in [0.15, 0.2) is 0 Å². The fourth-order valence-electron chi connectivity index (χ4n) is 2.28. The van der Waals surface area contributed by atoms with Crippen molar-refractivity contribution in [1.29, 1.82) is 0 Å². The van der Waals surface area contributed by atoms with Crippen LogP contribution in [0.5, 0.6) is 0 Å². The Bertz CT molecular complexity index is 359. The first kappa shape index (κ1) is 14.5. The first-order valence-corrected chi connectivity index (χ1v) is 7.40. The quantitative estimate of drug-likeness (QED) is 0.731. The van der Waals surface area contributed by atoms with Gasteiger partial charge in [0.05, 0.1) is 6.10 Å². The number of nitrogens with zero attached hydrogens (tertiary/aromatic N) is 2. The lowest BCUT2D eigenvalue weighted by atomic mass is 10.1. The summed E-state index contributed by atoms with van der Waals surface area (Å²) < 4.78 is 11.2. The molecule has 1 fully saturated rings. The van der Waals surface area contributed by atoms with Crippen molar-refractivity contribution in [2.24, 2.45) is 0 Å². The molecule has 1 N–H and O–H groups in total. The van der Waals surface area contributed by atoms with Crippen LogP contribution in [0.2, 0.25) is 0 Å². The van der Waals surface area contributed by atoms with E-state index in [2.05, 4.69) is 29.4 Å². The molecule has 2 rings (SSSR count). The van der Waals surface area contributed by atoms with Crippen molar-refractivity contribution in [3.63, 3.8) is 0 Å². The van der Waals surface area contributed by atoms with Crippen LogP contribution in [0, 0.1) is 0 Å². The zero-order valence-electron chi connectivity index (χ0n) is 12.0. The third-order valence-electron chi connectivity index (χ3n) is 3.33. The van der Waals surface area contributed by atoms with Crippen LogP contribution in [0.4, 0.5) is 0 Å². The van der Waals surface area contributed by atoms with Crippen LogP contribution < -0.4 is 5.32 Å². The first-order chi connectivity index (χ1) is 9.24.